The number of aromatic nitrogens is 4. The number of nitrogens with zero attached hydrogens (tertiary/aromatic N) is 4. The number of hydrogen-bond donors (Lipinski definition) is 0. The number of para-hydroxylation sites is 2. The molecule has 0 saturated heterocycles. The van der Waals surface area contributed by atoms with Crippen molar-refractivity contribution in [3.63, 3.8) is 0 Å². The van der Waals surface area contributed by atoms with Gasteiger partial charge in [0.1, 0.15) is 11.3 Å². The number of hydrogen-bond acceptors (Lipinski definition) is 7. The van der Waals surface area contributed by atoms with Crippen LogP contribution < -0.4 is 0 Å². The highest BCUT2D eigenvalue weighted by Crippen LogP contribution is 2.30. The number of carbonyl (C=O) groups is 1. The van der Waals surface area contributed by atoms with E-state index >= 15 is 0 Å². The summed E-state index contributed by atoms with van der Waals surface area (Å²) in [5.74, 6) is 0.790. The van der Waals surface area contributed by atoms with E-state index in [9.17, 15) is 4.79 Å². The van der Waals surface area contributed by atoms with E-state index in [0.717, 1.165) is 16.7 Å². The van der Waals surface area contributed by atoms with E-state index in [1.807, 2.05) is 66.9 Å². The van der Waals surface area contributed by atoms with Crippen LogP contribution in [0.25, 0.3) is 34.2 Å². The molecule has 0 saturated carbocycles. The number of esters is 1. The van der Waals surface area contributed by atoms with Gasteiger partial charge in [0, 0.05) is 23.2 Å². The van der Waals surface area contributed by atoms with Gasteiger partial charge in [-0.05, 0) is 37.3 Å². The van der Waals surface area contributed by atoms with Crippen LogP contribution in [0.4, 0.5) is 0 Å². The maximum Gasteiger partial charge on any atom is 0.331 e. The Labute approximate surface area is 182 Å². The zero-order valence-corrected chi connectivity index (χ0v) is 17.1. The van der Waals surface area contributed by atoms with Gasteiger partial charge in [0.2, 0.25) is 0 Å². The molecule has 2 aromatic carbocycles. The molecule has 0 N–H and O–H groups in total. The van der Waals surface area contributed by atoms with Gasteiger partial charge in [-0.15, -0.1) is 0 Å². The van der Waals surface area contributed by atoms with Crippen LogP contribution >= 0.6 is 0 Å². The number of carbonyl (C=O) groups excluding carboxylic acids is 1. The minimum absolute atomic E-state index is 0.0935. The third-order valence-electron chi connectivity index (χ3n) is 4.73. The molecule has 0 spiro atoms. The van der Waals surface area contributed by atoms with E-state index in [2.05, 4.69) is 10.1 Å². The van der Waals surface area contributed by atoms with Crippen molar-refractivity contribution in [1.82, 2.24) is 19.9 Å². The summed E-state index contributed by atoms with van der Waals surface area (Å²) >= 11 is 0. The third kappa shape index (κ3) is 4.06. The zero-order chi connectivity index (χ0) is 21.9. The fourth-order valence-electron chi connectivity index (χ4n) is 3.25. The number of benzene rings is 2. The monoisotopic (exact) mass is 426 g/mol. The van der Waals surface area contributed by atoms with Gasteiger partial charge in [-0.1, -0.05) is 41.6 Å². The summed E-state index contributed by atoms with van der Waals surface area (Å²) in [5, 5.41) is 9.35. The van der Waals surface area contributed by atoms with Crippen molar-refractivity contribution >= 4 is 23.0 Å². The lowest BCUT2D eigenvalue weighted by molar-refractivity contribution is -0.139. The van der Waals surface area contributed by atoms with E-state index in [-0.39, 0.29) is 12.5 Å². The predicted molar refractivity (Wildman–Crippen MR) is 117 cm³/mol. The normalized spacial score (nSPS) is 11.4. The number of furan rings is 1. The number of rotatable bonds is 6. The van der Waals surface area contributed by atoms with Crippen molar-refractivity contribution in [2.45, 2.75) is 13.5 Å². The van der Waals surface area contributed by atoms with E-state index < -0.39 is 5.97 Å². The quantitative estimate of drug-likeness (QED) is 0.286. The molecule has 8 heteroatoms. The van der Waals surface area contributed by atoms with Gasteiger partial charge in [-0.25, -0.2) is 9.48 Å². The summed E-state index contributed by atoms with van der Waals surface area (Å²) in [5.41, 5.74) is 2.97. The standard InChI is InChI=1S/C24H18N4O4/c1-16-25-22(32-27-16)15-30-23(29)12-11-18-14-28(19-8-3-2-4-9-19)26-24(18)21-13-17-7-5-6-10-20(17)31-21/h2-14H,15H2,1H3/b12-11+. The molecule has 8 nitrogen and oxygen atoms in total. The van der Waals surface area contributed by atoms with Gasteiger partial charge in [-0.3, -0.25) is 0 Å². The minimum atomic E-state index is -0.538. The predicted octanol–water partition coefficient (Wildman–Crippen LogP) is 4.73. The van der Waals surface area contributed by atoms with Crippen LogP contribution in [-0.4, -0.2) is 25.9 Å². The largest absolute Gasteiger partial charge is 0.454 e. The Morgan fingerprint density at radius 2 is 1.94 bits per heavy atom. The fourth-order valence-corrected chi connectivity index (χ4v) is 3.25. The summed E-state index contributed by atoms with van der Waals surface area (Å²) < 4.78 is 17.9. The Morgan fingerprint density at radius 1 is 1.12 bits per heavy atom. The number of fused-ring (bicyclic) bond motifs is 1. The summed E-state index contributed by atoms with van der Waals surface area (Å²) in [7, 11) is 0. The second-order valence-corrected chi connectivity index (χ2v) is 7.04. The molecule has 0 amide bonds. The van der Waals surface area contributed by atoms with Gasteiger partial charge in [0.25, 0.3) is 5.89 Å². The molecule has 0 unspecified atom stereocenters. The first-order valence-electron chi connectivity index (χ1n) is 9.94. The molecule has 0 aliphatic carbocycles. The van der Waals surface area contributed by atoms with E-state index in [1.54, 1.807) is 17.7 Å². The smallest absolute Gasteiger partial charge is 0.331 e. The van der Waals surface area contributed by atoms with E-state index in [1.165, 1.54) is 6.08 Å². The van der Waals surface area contributed by atoms with Crippen molar-refractivity contribution in [3.05, 3.63) is 90.2 Å². The molecule has 0 radical (unpaired) electrons. The highest BCUT2D eigenvalue weighted by molar-refractivity contribution is 5.89. The molecule has 0 bridgehead atoms. The first-order chi connectivity index (χ1) is 15.7. The van der Waals surface area contributed by atoms with Crippen LogP contribution in [0.5, 0.6) is 0 Å². The van der Waals surface area contributed by atoms with Gasteiger partial charge in [0.05, 0.1) is 5.69 Å². The van der Waals surface area contributed by atoms with Gasteiger partial charge in [-0.2, -0.15) is 10.1 Å². The van der Waals surface area contributed by atoms with Crippen molar-refractivity contribution in [2.75, 3.05) is 0 Å². The third-order valence-corrected chi connectivity index (χ3v) is 4.73. The molecule has 0 atom stereocenters. The first-order valence-corrected chi connectivity index (χ1v) is 9.94. The summed E-state index contributed by atoms with van der Waals surface area (Å²) in [4.78, 5) is 16.2. The molecule has 3 heterocycles. The lowest BCUT2D eigenvalue weighted by atomic mass is 10.2. The molecule has 5 aromatic rings. The summed E-state index contributed by atoms with van der Waals surface area (Å²) in [6, 6.07) is 19.4. The van der Waals surface area contributed by atoms with Crippen LogP contribution in [0.2, 0.25) is 0 Å². The molecule has 5 rings (SSSR count). The average molecular weight is 426 g/mol. The van der Waals surface area contributed by atoms with Crippen molar-refractivity contribution in [3.8, 4) is 17.1 Å². The Hall–Kier alpha value is -4.46. The zero-order valence-electron chi connectivity index (χ0n) is 17.1. The molecular formula is C24H18N4O4. The second-order valence-electron chi connectivity index (χ2n) is 7.04. The summed E-state index contributed by atoms with van der Waals surface area (Å²) in [6.45, 7) is 1.60. The van der Waals surface area contributed by atoms with E-state index in [4.69, 9.17) is 18.8 Å². The van der Waals surface area contributed by atoms with Gasteiger partial charge in [0.15, 0.2) is 18.2 Å². The number of aryl methyl sites for hydroxylation is 1. The molecule has 32 heavy (non-hydrogen) atoms. The summed E-state index contributed by atoms with van der Waals surface area (Å²) in [6.07, 6.45) is 4.82. The second kappa shape index (κ2) is 8.35. The molecule has 0 aliphatic heterocycles. The van der Waals surface area contributed by atoms with Gasteiger partial charge < -0.3 is 13.7 Å². The van der Waals surface area contributed by atoms with Crippen molar-refractivity contribution in [1.29, 1.82) is 0 Å². The van der Waals surface area contributed by atoms with Crippen LogP contribution in [0.1, 0.15) is 17.3 Å². The Bertz CT molecular complexity index is 1380. The van der Waals surface area contributed by atoms with Gasteiger partial charge >= 0.3 is 5.97 Å². The Balaban J connectivity index is 1.45. The van der Waals surface area contributed by atoms with Crippen LogP contribution in [0.3, 0.4) is 0 Å². The highest BCUT2D eigenvalue weighted by atomic mass is 16.6. The van der Waals surface area contributed by atoms with Crippen molar-refractivity contribution < 1.29 is 18.5 Å². The molecule has 3 aromatic heterocycles. The maximum absolute atomic E-state index is 12.2. The average Bonchev–Trinajstić information content (AvgIpc) is 3.54. The maximum atomic E-state index is 12.2. The Kier molecular flexibility index (Phi) is 5.09. The SMILES string of the molecule is Cc1noc(COC(=O)/C=C/c2cn(-c3ccccc3)nc2-c2cc3ccccc3o2)n1. The lowest BCUT2D eigenvalue weighted by Gasteiger charge is -1.98. The topological polar surface area (TPSA) is 96.2 Å². The molecule has 158 valence electrons. The van der Waals surface area contributed by atoms with Crippen LogP contribution in [0.15, 0.2) is 81.9 Å². The minimum Gasteiger partial charge on any atom is -0.454 e. The first kappa shape index (κ1) is 19.5. The van der Waals surface area contributed by atoms with Crippen LogP contribution in [0, 0.1) is 6.92 Å². The molecule has 0 aliphatic rings. The highest BCUT2D eigenvalue weighted by Gasteiger charge is 2.15. The van der Waals surface area contributed by atoms with E-state index in [0.29, 0.717) is 22.8 Å². The Morgan fingerprint density at radius 3 is 2.72 bits per heavy atom. The van der Waals surface area contributed by atoms with Crippen LogP contribution in [-0.2, 0) is 16.1 Å². The molecular weight excluding hydrogens is 408 g/mol. The molecule has 0 fully saturated rings. The fraction of sp³-hybridized carbons (Fsp3) is 0.0833. The van der Waals surface area contributed by atoms with Crippen molar-refractivity contribution in [2.24, 2.45) is 0 Å². The lowest BCUT2D eigenvalue weighted by Crippen LogP contribution is -2.01. The number of ether oxygens (including phenoxy) is 1.